The summed E-state index contributed by atoms with van der Waals surface area (Å²) in [6.45, 7) is 4.12. The molecule has 0 spiro atoms. The van der Waals surface area contributed by atoms with Gasteiger partial charge in [-0.05, 0) is 51.0 Å². The van der Waals surface area contributed by atoms with Gasteiger partial charge in [-0.15, -0.1) is 0 Å². The van der Waals surface area contributed by atoms with E-state index in [-0.39, 0.29) is 18.2 Å². The van der Waals surface area contributed by atoms with Gasteiger partial charge in [0.1, 0.15) is 29.7 Å². The molecule has 4 atom stereocenters. The quantitative estimate of drug-likeness (QED) is 0.337. The van der Waals surface area contributed by atoms with Gasteiger partial charge in [0.2, 0.25) is 0 Å². The largest absolute Gasteiger partial charge is 0.465 e. The number of rotatable bonds is 10. The minimum atomic E-state index is -1.60. The number of aromatic nitrogens is 3. The Bertz CT molecular complexity index is 1070. The van der Waals surface area contributed by atoms with E-state index in [4.69, 9.17) is 24.3 Å². The molecule has 3 N–H and O–H groups in total. The first-order chi connectivity index (χ1) is 16.0. The van der Waals surface area contributed by atoms with Gasteiger partial charge in [-0.3, -0.25) is 4.79 Å². The van der Waals surface area contributed by atoms with Crippen LogP contribution in [0.3, 0.4) is 0 Å². The fourth-order valence-electron chi connectivity index (χ4n) is 3.56. The number of hydrogen-bond donors (Lipinski definition) is 2. The van der Waals surface area contributed by atoms with E-state index in [2.05, 4.69) is 15.2 Å². The predicted octanol–water partition coefficient (Wildman–Crippen LogP) is 3.40. The molecule has 1 aliphatic rings. The maximum absolute atomic E-state index is 12.1. The summed E-state index contributed by atoms with van der Waals surface area (Å²) in [5.41, 5.74) is 7.62. The number of esters is 1. The molecule has 1 aliphatic heterocycles. The van der Waals surface area contributed by atoms with Crippen LogP contribution in [0.5, 0.6) is 5.75 Å². The number of hydrogen-bond acceptors (Lipinski definition) is 9. The number of nitrogens with zero attached hydrogens (tertiary/aromatic N) is 3. The van der Waals surface area contributed by atoms with Crippen molar-refractivity contribution in [2.45, 2.75) is 44.9 Å². The minimum absolute atomic E-state index is 0.121. The van der Waals surface area contributed by atoms with Crippen LogP contribution in [0.2, 0.25) is 0 Å². The van der Waals surface area contributed by atoms with Gasteiger partial charge in [0.15, 0.2) is 5.82 Å². The van der Waals surface area contributed by atoms with E-state index in [1.165, 1.54) is 6.33 Å². The van der Waals surface area contributed by atoms with Crippen LogP contribution in [0.1, 0.15) is 38.5 Å². The van der Waals surface area contributed by atoms with Crippen molar-refractivity contribution in [1.82, 2.24) is 19.7 Å². The maximum atomic E-state index is 12.1. The number of carbonyl (C=O) groups excluding carboxylic acids is 1. The molecule has 0 aliphatic carbocycles. The van der Waals surface area contributed by atoms with Gasteiger partial charge in [0.25, 0.3) is 0 Å². The zero-order chi connectivity index (χ0) is 23.2. The van der Waals surface area contributed by atoms with Crippen LogP contribution < -0.4 is 15.3 Å². The van der Waals surface area contributed by atoms with Crippen molar-refractivity contribution in [3.8, 4) is 5.75 Å². The number of nitrogen functional groups attached to an aromatic ring is 1. The third-order valence-electron chi connectivity index (χ3n) is 5.20. The zero-order valence-corrected chi connectivity index (χ0v) is 19.5. The number of carbonyl (C=O) groups is 1. The van der Waals surface area contributed by atoms with Crippen LogP contribution in [0, 0.1) is 0 Å². The van der Waals surface area contributed by atoms with Crippen molar-refractivity contribution in [3.63, 3.8) is 0 Å². The van der Waals surface area contributed by atoms with Gasteiger partial charge in [0.05, 0.1) is 25.0 Å². The van der Waals surface area contributed by atoms with E-state index in [1.54, 1.807) is 18.4 Å². The molecule has 176 valence electrons. The Labute approximate surface area is 193 Å². The first kappa shape index (κ1) is 23.4. The number of anilines is 1. The summed E-state index contributed by atoms with van der Waals surface area (Å²) in [7, 11) is -1.60. The molecule has 0 bridgehead atoms. The molecule has 1 saturated heterocycles. The zero-order valence-electron chi connectivity index (χ0n) is 18.6. The van der Waals surface area contributed by atoms with Crippen molar-refractivity contribution >= 4 is 25.8 Å². The predicted molar refractivity (Wildman–Crippen MR) is 123 cm³/mol. The van der Waals surface area contributed by atoms with Crippen LogP contribution in [0.25, 0.3) is 5.52 Å². The van der Waals surface area contributed by atoms with Gasteiger partial charge in [-0.2, -0.15) is 5.10 Å². The molecular weight excluding hydrogens is 445 g/mol. The highest BCUT2D eigenvalue weighted by Crippen LogP contribution is 2.39. The second-order valence-electron chi connectivity index (χ2n) is 7.58. The summed E-state index contributed by atoms with van der Waals surface area (Å²) in [5, 5.41) is 7.40. The Kier molecular flexibility index (Phi) is 7.72. The van der Waals surface area contributed by atoms with Gasteiger partial charge in [-0.1, -0.05) is 18.2 Å². The molecular formula is C22H28N5O5P. The summed E-state index contributed by atoms with van der Waals surface area (Å²) < 4.78 is 25.1. The highest BCUT2D eigenvalue weighted by molar-refractivity contribution is 7.45. The molecule has 2 aromatic heterocycles. The molecule has 3 heterocycles. The molecule has 0 radical (unpaired) electrons. The average molecular weight is 473 g/mol. The minimum Gasteiger partial charge on any atom is -0.465 e. The SMILES string of the molecule is CCOC(=O)C(C)NP(OCC1CCC(c2ccc3c(N)ncnn23)O1)Oc1ccccc1. The highest BCUT2D eigenvalue weighted by atomic mass is 31.2. The monoisotopic (exact) mass is 473 g/mol. The van der Waals surface area contributed by atoms with E-state index >= 15 is 0 Å². The Morgan fingerprint density at radius 1 is 1.30 bits per heavy atom. The number of ether oxygens (including phenoxy) is 2. The maximum Gasteiger partial charge on any atom is 0.323 e. The number of para-hydroxylation sites is 1. The normalized spacial score (nSPS) is 19.9. The van der Waals surface area contributed by atoms with Crippen molar-refractivity contribution in [3.05, 3.63) is 54.5 Å². The van der Waals surface area contributed by atoms with Crippen LogP contribution in [-0.4, -0.2) is 45.9 Å². The second kappa shape index (κ2) is 10.9. The van der Waals surface area contributed by atoms with Crippen LogP contribution in [0.4, 0.5) is 5.82 Å². The standard InChI is InChI=1S/C22H28N5O5P/c1-3-29-22(28)15(2)26-33(32-16-7-5-4-6-8-16)30-13-17-9-12-20(31-17)18-10-11-19-21(23)24-14-25-27(18)19/h4-8,10-11,14-15,17,20,26H,3,9,12-13H2,1-2H3,(H2,23,24,25). The number of fused-ring (bicyclic) bond motifs is 1. The van der Waals surface area contributed by atoms with Gasteiger partial charge < -0.3 is 24.3 Å². The Balaban J connectivity index is 1.37. The Morgan fingerprint density at radius 3 is 2.91 bits per heavy atom. The number of benzene rings is 1. The van der Waals surface area contributed by atoms with Gasteiger partial charge in [0, 0.05) is 0 Å². The molecule has 3 aromatic rings. The Morgan fingerprint density at radius 2 is 2.12 bits per heavy atom. The summed E-state index contributed by atoms with van der Waals surface area (Å²) >= 11 is 0. The molecule has 0 saturated carbocycles. The average Bonchev–Trinajstić information content (AvgIpc) is 3.46. The number of nitrogens with two attached hydrogens (primary N) is 1. The molecule has 0 amide bonds. The van der Waals surface area contributed by atoms with Gasteiger partial charge in [-0.25, -0.2) is 14.6 Å². The lowest BCUT2D eigenvalue weighted by Gasteiger charge is -2.23. The van der Waals surface area contributed by atoms with Crippen LogP contribution >= 0.6 is 8.53 Å². The third kappa shape index (κ3) is 5.78. The van der Waals surface area contributed by atoms with E-state index in [0.29, 0.717) is 24.8 Å². The van der Waals surface area contributed by atoms with Crippen LogP contribution in [-0.2, 0) is 18.8 Å². The lowest BCUT2D eigenvalue weighted by Crippen LogP contribution is -2.34. The van der Waals surface area contributed by atoms with E-state index in [0.717, 1.165) is 24.1 Å². The fraction of sp³-hybridized carbons (Fsp3) is 0.409. The topological polar surface area (TPSA) is 122 Å². The summed E-state index contributed by atoms with van der Waals surface area (Å²) in [6.07, 6.45) is 2.84. The first-order valence-electron chi connectivity index (χ1n) is 10.9. The van der Waals surface area contributed by atoms with Crippen LogP contribution in [0.15, 0.2) is 48.8 Å². The molecule has 1 fully saturated rings. The smallest absolute Gasteiger partial charge is 0.323 e. The first-order valence-corrected chi connectivity index (χ1v) is 12.0. The third-order valence-corrected chi connectivity index (χ3v) is 6.56. The summed E-state index contributed by atoms with van der Waals surface area (Å²) in [6, 6.07) is 12.6. The Hall–Kier alpha value is -2.78. The lowest BCUT2D eigenvalue weighted by molar-refractivity contribution is -0.144. The summed E-state index contributed by atoms with van der Waals surface area (Å²) in [5.74, 6) is 0.720. The molecule has 10 nitrogen and oxygen atoms in total. The number of nitrogens with one attached hydrogen (secondary N) is 1. The van der Waals surface area contributed by atoms with Crippen molar-refractivity contribution < 1.29 is 23.3 Å². The highest BCUT2D eigenvalue weighted by Gasteiger charge is 2.31. The molecule has 1 aromatic carbocycles. The fourth-order valence-corrected chi connectivity index (χ4v) is 4.78. The van der Waals surface area contributed by atoms with Crippen molar-refractivity contribution in [2.75, 3.05) is 18.9 Å². The molecule has 4 unspecified atom stereocenters. The lowest BCUT2D eigenvalue weighted by atomic mass is 10.1. The summed E-state index contributed by atoms with van der Waals surface area (Å²) in [4.78, 5) is 16.1. The van der Waals surface area contributed by atoms with Crippen molar-refractivity contribution in [2.24, 2.45) is 0 Å². The molecule has 11 heteroatoms. The van der Waals surface area contributed by atoms with E-state index < -0.39 is 14.6 Å². The van der Waals surface area contributed by atoms with E-state index in [9.17, 15) is 4.79 Å². The van der Waals surface area contributed by atoms with E-state index in [1.807, 2.05) is 42.5 Å². The molecule has 33 heavy (non-hydrogen) atoms. The van der Waals surface area contributed by atoms with Gasteiger partial charge >= 0.3 is 14.5 Å². The van der Waals surface area contributed by atoms with Crippen molar-refractivity contribution in [1.29, 1.82) is 0 Å². The molecule has 4 rings (SSSR count). The second-order valence-corrected chi connectivity index (χ2v) is 8.80.